The maximum absolute atomic E-state index is 10.8. The third-order valence-electron chi connectivity index (χ3n) is 12.4. The lowest BCUT2D eigenvalue weighted by atomic mass is 9.43. The zero-order valence-corrected chi connectivity index (χ0v) is 23.3. The summed E-state index contributed by atoms with van der Waals surface area (Å²) in [6.07, 6.45) is 11.8. The van der Waals surface area contributed by atoms with E-state index < -0.39 is 0 Å². The van der Waals surface area contributed by atoms with Gasteiger partial charge in [0, 0.05) is 11.0 Å². The van der Waals surface area contributed by atoms with E-state index in [-0.39, 0.29) is 23.0 Å². The summed E-state index contributed by atoms with van der Waals surface area (Å²) >= 11 is 0. The van der Waals surface area contributed by atoms with Crippen molar-refractivity contribution in [1.29, 1.82) is 0 Å². The van der Waals surface area contributed by atoms with Gasteiger partial charge in [0.1, 0.15) is 0 Å². The minimum absolute atomic E-state index is 0.0127. The molecule has 4 heteroatoms. The molecular weight excluding hydrogens is 418 g/mol. The molecule has 2 saturated carbocycles. The second-order valence-electron chi connectivity index (χ2n) is 14.3. The van der Waals surface area contributed by atoms with Gasteiger partial charge in [-0.2, -0.15) is 0 Å². The Morgan fingerprint density at radius 2 is 1.65 bits per heavy atom. The number of hydrogen-bond donors (Lipinski definition) is 1. The van der Waals surface area contributed by atoms with E-state index in [0.717, 1.165) is 31.6 Å². The summed E-state index contributed by atoms with van der Waals surface area (Å²) in [5.41, 5.74) is 13.6. The van der Waals surface area contributed by atoms with Gasteiger partial charge in [-0.3, -0.25) is 0 Å². The van der Waals surface area contributed by atoms with Gasteiger partial charge in [-0.05, 0) is 109 Å². The van der Waals surface area contributed by atoms with Crippen LogP contribution in [0, 0.1) is 45.3 Å². The van der Waals surface area contributed by atoms with Crippen LogP contribution in [0.3, 0.4) is 0 Å². The Bertz CT molecular complexity index is 870. The van der Waals surface area contributed by atoms with Crippen LogP contribution in [0.4, 0.5) is 0 Å². The lowest BCUT2D eigenvalue weighted by Gasteiger charge is -2.62. The molecule has 0 amide bonds. The summed E-state index contributed by atoms with van der Waals surface area (Å²) in [5.74, 6) is 2.42. The van der Waals surface area contributed by atoms with Crippen LogP contribution < -0.4 is 0 Å². The largest absolute Gasteiger partial charge is 0.393 e. The molecule has 0 saturated heterocycles. The van der Waals surface area contributed by atoms with Gasteiger partial charge in [0.05, 0.1) is 6.10 Å². The maximum atomic E-state index is 10.8. The second-order valence-corrected chi connectivity index (χ2v) is 14.3. The molecule has 0 heterocycles. The molecule has 0 aromatic carbocycles. The van der Waals surface area contributed by atoms with Crippen LogP contribution in [0.5, 0.6) is 0 Å². The number of hydrogen-bond acceptors (Lipinski definition) is 2. The highest BCUT2D eigenvalue weighted by molar-refractivity contribution is 5.38. The molecule has 1 unspecified atom stereocenters. The molecule has 0 aromatic heterocycles. The number of fused-ring (bicyclic) bond motifs is 4. The third kappa shape index (κ3) is 3.69. The smallest absolute Gasteiger partial charge is 0.0594 e. The molecule has 0 spiro atoms. The molecule has 1 N–H and O–H groups in total. The maximum Gasteiger partial charge on any atom is 0.0594 e. The molecule has 4 aliphatic carbocycles. The van der Waals surface area contributed by atoms with Gasteiger partial charge in [-0.15, -0.1) is 0 Å². The van der Waals surface area contributed by atoms with Crippen molar-refractivity contribution >= 4 is 0 Å². The summed E-state index contributed by atoms with van der Waals surface area (Å²) in [4.78, 5) is 3.13. The third-order valence-corrected chi connectivity index (χ3v) is 12.4. The average Bonchev–Trinajstić information content (AvgIpc) is 3.05. The van der Waals surface area contributed by atoms with Gasteiger partial charge >= 0.3 is 0 Å². The normalized spacial score (nSPS) is 42.9. The summed E-state index contributed by atoms with van der Waals surface area (Å²) < 4.78 is 0. The Labute approximate surface area is 209 Å². The Morgan fingerprint density at radius 1 is 0.941 bits per heavy atom. The van der Waals surface area contributed by atoms with Crippen molar-refractivity contribution < 1.29 is 5.11 Å². The zero-order chi connectivity index (χ0) is 25.1. The van der Waals surface area contributed by atoms with Crippen molar-refractivity contribution in [2.75, 3.05) is 0 Å². The molecule has 8 atom stereocenters. The molecule has 0 bridgehead atoms. The van der Waals surface area contributed by atoms with Gasteiger partial charge < -0.3 is 5.11 Å². The van der Waals surface area contributed by atoms with Crippen LogP contribution in [-0.4, -0.2) is 17.3 Å². The molecule has 0 aromatic rings. The van der Waals surface area contributed by atoms with E-state index in [0.29, 0.717) is 28.6 Å². The molecule has 192 valence electrons. The van der Waals surface area contributed by atoms with Crippen LogP contribution in [0.25, 0.3) is 10.4 Å². The van der Waals surface area contributed by atoms with E-state index in [1.807, 2.05) is 5.57 Å². The van der Waals surface area contributed by atoms with Gasteiger partial charge in [0.2, 0.25) is 0 Å². The lowest BCUT2D eigenvalue weighted by Crippen LogP contribution is -2.55. The van der Waals surface area contributed by atoms with Crippen molar-refractivity contribution in [1.82, 2.24) is 0 Å². The van der Waals surface area contributed by atoms with E-state index in [1.54, 1.807) is 5.57 Å². The van der Waals surface area contributed by atoms with Gasteiger partial charge in [0.15, 0.2) is 0 Å². The zero-order valence-electron chi connectivity index (χ0n) is 23.3. The van der Waals surface area contributed by atoms with E-state index in [9.17, 15) is 5.11 Å². The van der Waals surface area contributed by atoms with E-state index in [1.165, 1.54) is 38.5 Å². The summed E-state index contributed by atoms with van der Waals surface area (Å²) in [7, 11) is 0. The summed E-state index contributed by atoms with van der Waals surface area (Å²) in [6.45, 7) is 19.3. The second kappa shape index (κ2) is 8.84. The monoisotopic (exact) mass is 469 g/mol. The number of nitrogens with zero attached hydrogens (tertiary/aromatic N) is 3. The van der Waals surface area contributed by atoms with Crippen molar-refractivity contribution in [3.63, 3.8) is 0 Å². The number of aliphatic hydroxyl groups excluding tert-OH is 1. The van der Waals surface area contributed by atoms with E-state index >= 15 is 0 Å². The fraction of sp³-hybridized carbons (Fsp3) is 0.933. The summed E-state index contributed by atoms with van der Waals surface area (Å²) in [6, 6.07) is 0.119. The number of allylic oxidation sites excluding steroid dienone is 2. The minimum Gasteiger partial charge on any atom is -0.393 e. The molecular formula is C30H51N3O. The van der Waals surface area contributed by atoms with Crippen LogP contribution >= 0.6 is 0 Å². The first-order valence-electron chi connectivity index (χ1n) is 14.3. The predicted molar refractivity (Wildman–Crippen MR) is 141 cm³/mol. The number of rotatable bonds is 6. The molecule has 2 fully saturated rings. The molecule has 4 aliphatic rings. The van der Waals surface area contributed by atoms with E-state index in [2.05, 4.69) is 65.4 Å². The quantitative estimate of drug-likeness (QED) is 0.179. The molecule has 0 aliphatic heterocycles. The van der Waals surface area contributed by atoms with Crippen LogP contribution in [0.15, 0.2) is 16.3 Å². The summed E-state index contributed by atoms with van der Waals surface area (Å²) in [5, 5.41) is 14.9. The Hall–Kier alpha value is -0.990. The first kappa shape index (κ1) is 26.1. The highest BCUT2D eigenvalue weighted by atomic mass is 16.3. The SMILES string of the molecule is CC(C)C(CC[C@@H](C)[C@H]1CC[C@@]2(C)C3=C(CC[C@]12C)[C@@]1(C)CC[C@H](O)C(C)(C)[C@@H]1CC3)N=[N+]=[N-]. The fourth-order valence-electron chi connectivity index (χ4n) is 9.85. The van der Waals surface area contributed by atoms with Gasteiger partial charge in [-0.25, -0.2) is 0 Å². The standard InChI is InChI=1S/C30H51N3O/c1-19(2)24(32-33-31)11-9-20(3)21-13-17-30(8)23-10-12-25-27(4,5)26(34)15-16-28(25,6)22(23)14-18-29(21,30)7/h19-21,24-26,34H,9-18H2,1-8H3/t20-,21-,24?,25+,26+,28-,29-,30+/m1/s1. The Kier molecular flexibility index (Phi) is 6.78. The minimum atomic E-state index is -0.158. The number of azide groups is 1. The Balaban J connectivity index is 1.60. The average molecular weight is 470 g/mol. The molecule has 4 nitrogen and oxygen atoms in total. The van der Waals surface area contributed by atoms with Crippen LogP contribution in [0.2, 0.25) is 0 Å². The lowest BCUT2D eigenvalue weighted by molar-refractivity contribution is -0.0962. The van der Waals surface area contributed by atoms with Gasteiger partial charge in [-0.1, -0.05) is 78.1 Å². The highest BCUT2D eigenvalue weighted by Gasteiger charge is 2.63. The first-order valence-corrected chi connectivity index (χ1v) is 14.3. The first-order chi connectivity index (χ1) is 15.8. The predicted octanol–water partition coefficient (Wildman–Crippen LogP) is 8.85. The molecule has 34 heavy (non-hydrogen) atoms. The van der Waals surface area contributed by atoms with Gasteiger partial charge in [0.25, 0.3) is 0 Å². The molecule has 4 rings (SSSR count). The van der Waals surface area contributed by atoms with Crippen molar-refractivity contribution in [3.8, 4) is 0 Å². The van der Waals surface area contributed by atoms with Crippen molar-refractivity contribution in [2.45, 2.75) is 132 Å². The Morgan fingerprint density at radius 3 is 2.29 bits per heavy atom. The van der Waals surface area contributed by atoms with E-state index in [4.69, 9.17) is 5.53 Å². The number of aliphatic hydroxyl groups is 1. The molecule has 0 radical (unpaired) electrons. The highest BCUT2D eigenvalue weighted by Crippen LogP contribution is 2.72. The van der Waals surface area contributed by atoms with Crippen LogP contribution in [-0.2, 0) is 0 Å². The van der Waals surface area contributed by atoms with Crippen molar-refractivity contribution in [3.05, 3.63) is 21.6 Å². The fourth-order valence-corrected chi connectivity index (χ4v) is 9.85. The topological polar surface area (TPSA) is 69.0 Å². The van der Waals surface area contributed by atoms with Crippen molar-refractivity contribution in [2.24, 2.45) is 50.4 Å². The van der Waals surface area contributed by atoms with Crippen LogP contribution in [0.1, 0.15) is 120 Å².